The van der Waals surface area contributed by atoms with E-state index in [1.165, 1.54) is 18.3 Å². The number of benzene rings is 1. The topological polar surface area (TPSA) is 65.0 Å². The molecule has 0 saturated carbocycles. The zero-order valence-electron chi connectivity index (χ0n) is 9.05. The Balaban J connectivity index is 0.000000199. The molecule has 0 aliphatic carbocycles. The predicted octanol–water partition coefficient (Wildman–Crippen LogP) is 2.88. The molecule has 1 atom stereocenters. The summed E-state index contributed by atoms with van der Waals surface area (Å²) in [5, 5.41) is 0. The third-order valence-corrected chi connectivity index (χ3v) is 2.49. The number of hydrogen-bond donors (Lipinski definition) is 1. The lowest BCUT2D eigenvalue weighted by molar-refractivity contribution is 0.542. The summed E-state index contributed by atoms with van der Waals surface area (Å²) in [5.41, 5.74) is 0. The molecule has 4 nitrogen and oxygen atoms in total. The summed E-state index contributed by atoms with van der Waals surface area (Å²) in [5.74, 6) is 0.129. The van der Waals surface area contributed by atoms with Crippen LogP contribution in [0.5, 0.6) is 0 Å². The first-order valence-electron chi connectivity index (χ1n) is 4.76. The van der Waals surface area contributed by atoms with Crippen molar-refractivity contribution in [3.05, 3.63) is 59.0 Å². The maximum absolute atomic E-state index is 11.9. The maximum Gasteiger partial charge on any atom is 0.136 e. The molecule has 0 spiro atoms. The Hall–Kier alpha value is -1.31. The minimum atomic E-state index is -2.30. The first-order valence-corrected chi connectivity index (χ1v) is 6.63. The number of nitrogens with one attached hydrogen (secondary N) is 1. The number of nitrogens with zero attached hydrogens (tertiary/aromatic N) is 1. The van der Waals surface area contributed by atoms with Crippen molar-refractivity contribution in [3.8, 4) is 0 Å². The van der Waals surface area contributed by atoms with Crippen molar-refractivity contribution in [2.45, 2.75) is 0 Å². The summed E-state index contributed by atoms with van der Waals surface area (Å²) < 4.78 is 35.0. The smallest absolute Gasteiger partial charge is 0.136 e. The Labute approximate surface area is 115 Å². The molecule has 0 aliphatic heterocycles. The highest BCUT2D eigenvalue weighted by Gasteiger charge is 1.90. The fourth-order valence-corrected chi connectivity index (χ4v) is 1.46. The van der Waals surface area contributed by atoms with Crippen LogP contribution in [0.4, 0.5) is 10.2 Å². The molecule has 1 aromatic heterocycles. The van der Waals surface area contributed by atoms with E-state index in [-0.39, 0.29) is 5.82 Å². The van der Waals surface area contributed by atoms with Crippen molar-refractivity contribution in [3.63, 3.8) is 0 Å². The van der Waals surface area contributed by atoms with Crippen LogP contribution in [0.15, 0.2) is 53.1 Å². The van der Waals surface area contributed by atoms with Crippen LogP contribution in [0.3, 0.4) is 0 Å². The fourth-order valence-electron chi connectivity index (χ4n) is 0.936. The van der Waals surface area contributed by atoms with Crippen molar-refractivity contribution in [1.82, 2.24) is 4.98 Å². The van der Waals surface area contributed by atoms with E-state index >= 15 is 0 Å². The second-order valence-electron chi connectivity index (χ2n) is 2.99. The molecular weight excluding hydrogens is 323 g/mol. The minimum absolute atomic E-state index is 0.178. The highest BCUT2D eigenvalue weighted by Crippen LogP contribution is 2.10. The second kappa shape index (κ2) is 7.91. The molecular formula is C11H9BrFN2O2S-. The van der Waals surface area contributed by atoms with Crippen LogP contribution in [-0.2, 0) is 11.3 Å². The van der Waals surface area contributed by atoms with Crippen molar-refractivity contribution >= 4 is 33.0 Å². The second-order valence-corrected chi connectivity index (χ2v) is 4.58. The highest BCUT2D eigenvalue weighted by atomic mass is 79.9. The molecule has 2 aromatic rings. The molecule has 1 N–H and O–H groups in total. The number of hydrogen-bond acceptors (Lipinski definition) is 3. The van der Waals surface area contributed by atoms with E-state index in [1.807, 2.05) is 0 Å². The molecule has 1 heterocycles. The van der Waals surface area contributed by atoms with Crippen LogP contribution in [0.1, 0.15) is 0 Å². The summed E-state index contributed by atoms with van der Waals surface area (Å²) in [6.07, 6.45) is 1.51. The first-order chi connectivity index (χ1) is 8.58. The molecule has 0 fully saturated rings. The van der Waals surface area contributed by atoms with Crippen LogP contribution in [0.2, 0.25) is 0 Å². The van der Waals surface area contributed by atoms with Crippen LogP contribution in [0.25, 0.3) is 0 Å². The minimum Gasteiger partial charge on any atom is -0.755 e. The number of rotatable bonds is 2. The van der Waals surface area contributed by atoms with Gasteiger partial charge in [-0.3, -0.25) is 4.21 Å². The number of anilines is 1. The molecule has 0 aliphatic rings. The van der Waals surface area contributed by atoms with E-state index in [1.54, 1.807) is 30.3 Å². The lowest BCUT2D eigenvalue weighted by Gasteiger charge is -2.06. The molecule has 0 bridgehead atoms. The van der Waals surface area contributed by atoms with E-state index < -0.39 is 11.3 Å². The van der Waals surface area contributed by atoms with Crippen molar-refractivity contribution in [2.75, 3.05) is 4.72 Å². The van der Waals surface area contributed by atoms with Gasteiger partial charge in [0.1, 0.15) is 11.6 Å². The zero-order chi connectivity index (χ0) is 13.4. The van der Waals surface area contributed by atoms with Gasteiger partial charge in [0.2, 0.25) is 0 Å². The summed E-state index contributed by atoms with van der Waals surface area (Å²) >= 11 is 0.866. The van der Waals surface area contributed by atoms with Crippen LogP contribution >= 0.6 is 15.9 Å². The van der Waals surface area contributed by atoms with Gasteiger partial charge in [-0.15, -0.1) is 0 Å². The van der Waals surface area contributed by atoms with E-state index in [2.05, 4.69) is 25.6 Å². The van der Waals surface area contributed by atoms with Gasteiger partial charge >= 0.3 is 0 Å². The Morgan fingerprint density at radius 2 is 1.89 bits per heavy atom. The van der Waals surface area contributed by atoms with Crippen molar-refractivity contribution in [1.29, 1.82) is 0 Å². The van der Waals surface area contributed by atoms with Crippen molar-refractivity contribution in [2.24, 2.45) is 0 Å². The number of aromatic nitrogens is 1. The van der Waals surface area contributed by atoms with Crippen LogP contribution in [0, 0.1) is 5.82 Å². The van der Waals surface area contributed by atoms with Gasteiger partial charge < -0.3 is 9.27 Å². The summed E-state index contributed by atoms with van der Waals surface area (Å²) in [4.78, 5) is 3.77. The van der Waals surface area contributed by atoms with Gasteiger partial charge in [0.25, 0.3) is 0 Å². The molecule has 96 valence electrons. The molecule has 0 radical (unpaired) electrons. The molecule has 7 heteroatoms. The number of pyridine rings is 1. The Kier molecular flexibility index (Phi) is 6.48. The van der Waals surface area contributed by atoms with Gasteiger partial charge in [-0.2, -0.15) is 0 Å². The van der Waals surface area contributed by atoms with Gasteiger partial charge in [0.05, 0.1) is 0 Å². The zero-order valence-corrected chi connectivity index (χ0v) is 11.4. The fraction of sp³-hybridized carbons (Fsp3) is 0. The van der Waals surface area contributed by atoms with Gasteiger partial charge in [0.15, 0.2) is 0 Å². The normalized spacial score (nSPS) is 11.1. The first kappa shape index (κ1) is 14.7. The monoisotopic (exact) mass is 331 g/mol. The lowest BCUT2D eigenvalue weighted by Crippen LogP contribution is -2.03. The van der Waals surface area contributed by atoms with Gasteiger partial charge in [0, 0.05) is 21.9 Å². The SMILES string of the molecule is Fc1ccccc1.O=S([O-])Nc1ccc(Br)cn1. The molecule has 0 saturated heterocycles. The summed E-state index contributed by atoms with van der Waals surface area (Å²) in [6, 6.07) is 11.2. The average Bonchev–Trinajstić information content (AvgIpc) is 2.33. The predicted molar refractivity (Wildman–Crippen MR) is 70.9 cm³/mol. The van der Waals surface area contributed by atoms with Crippen molar-refractivity contribution < 1.29 is 13.2 Å². The molecule has 1 unspecified atom stereocenters. The molecule has 18 heavy (non-hydrogen) atoms. The van der Waals surface area contributed by atoms with E-state index in [4.69, 9.17) is 0 Å². The molecule has 2 rings (SSSR count). The Morgan fingerprint density at radius 3 is 2.28 bits per heavy atom. The Bertz CT molecular complexity index is 496. The quantitative estimate of drug-likeness (QED) is 0.860. The third-order valence-electron chi connectivity index (χ3n) is 1.65. The van der Waals surface area contributed by atoms with E-state index in [0.29, 0.717) is 5.82 Å². The third kappa shape index (κ3) is 6.43. The Morgan fingerprint density at radius 1 is 1.22 bits per heavy atom. The van der Waals surface area contributed by atoms with E-state index in [0.717, 1.165) is 4.47 Å². The molecule has 0 amide bonds. The standard InChI is InChI=1S/C6H5F.C5H5BrN2O2S/c7-6-4-2-1-3-5-6;6-4-1-2-5(7-3-4)8-11(9)10/h1-5H;1-3H,(H,7,8)(H,9,10)/p-1. The largest absolute Gasteiger partial charge is 0.755 e. The average molecular weight is 332 g/mol. The molecule has 1 aromatic carbocycles. The maximum atomic E-state index is 11.9. The van der Waals surface area contributed by atoms with Crippen LogP contribution < -0.4 is 4.72 Å². The van der Waals surface area contributed by atoms with Gasteiger partial charge in [-0.05, 0) is 40.2 Å². The highest BCUT2D eigenvalue weighted by molar-refractivity contribution is 9.10. The summed E-state index contributed by atoms with van der Waals surface area (Å²) in [7, 11) is 0. The van der Waals surface area contributed by atoms with Crippen LogP contribution in [-0.4, -0.2) is 13.7 Å². The summed E-state index contributed by atoms with van der Waals surface area (Å²) in [6.45, 7) is 0. The number of halogens is 2. The van der Waals surface area contributed by atoms with E-state index in [9.17, 15) is 13.2 Å². The lowest BCUT2D eigenvalue weighted by atomic mass is 10.4. The van der Waals surface area contributed by atoms with Gasteiger partial charge in [-0.25, -0.2) is 9.37 Å². The van der Waals surface area contributed by atoms with Gasteiger partial charge in [-0.1, -0.05) is 18.2 Å².